The Kier molecular flexibility index (Phi) is 4.52. The van der Waals surface area contributed by atoms with Crippen molar-refractivity contribution < 1.29 is 18.3 Å². The van der Waals surface area contributed by atoms with Gasteiger partial charge in [-0.15, -0.1) is 10.2 Å². The van der Waals surface area contributed by atoms with Crippen molar-refractivity contribution in [1.29, 1.82) is 0 Å². The van der Waals surface area contributed by atoms with Gasteiger partial charge in [0.25, 0.3) is 0 Å². The average Bonchev–Trinajstić information content (AvgIpc) is 3.19. The fourth-order valence-electron chi connectivity index (χ4n) is 2.00. The lowest BCUT2D eigenvalue weighted by molar-refractivity contribution is 0.0563. The minimum absolute atomic E-state index is 0.128. The largest absolute Gasteiger partial charge is 0.463 e. The number of thioether (sulfide) groups is 1. The first kappa shape index (κ1) is 16.1. The molecule has 0 fully saturated rings. The molecule has 2 N–H and O–H groups in total. The molecule has 0 aliphatic rings. The van der Waals surface area contributed by atoms with E-state index in [0.717, 1.165) is 0 Å². The highest BCUT2D eigenvalue weighted by atomic mass is 32.2. The third-order valence-electron chi connectivity index (χ3n) is 3.14. The van der Waals surface area contributed by atoms with Crippen LogP contribution in [-0.2, 0) is 10.5 Å². The molecule has 2 heterocycles. The van der Waals surface area contributed by atoms with E-state index in [-0.39, 0.29) is 11.6 Å². The van der Waals surface area contributed by atoms with Crippen molar-refractivity contribution >= 4 is 17.7 Å². The van der Waals surface area contributed by atoms with E-state index in [9.17, 15) is 9.18 Å². The molecule has 0 radical (unpaired) electrons. The van der Waals surface area contributed by atoms with Crippen LogP contribution in [0.4, 0.5) is 4.39 Å². The van der Waals surface area contributed by atoms with E-state index in [4.69, 9.17) is 10.3 Å². The van der Waals surface area contributed by atoms with Gasteiger partial charge in [-0.05, 0) is 24.3 Å². The number of nitrogens with zero attached hydrogens (tertiary/aromatic N) is 3. The van der Waals surface area contributed by atoms with Crippen LogP contribution in [-0.4, -0.2) is 28.0 Å². The number of carbonyl (C=O) groups excluding carboxylic acids is 1. The van der Waals surface area contributed by atoms with E-state index >= 15 is 0 Å². The number of halogens is 1. The molecule has 9 heteroatoms. The van der Waals surface area contributed by atoms with Crippen LogP contribution < -0.4 is 5.84 Å². The molecule has 0 amide bonds. The molecular formula is C15H13FN4O3S. The van der Waals surface area contributed by atoms with Gasteiger partial charge in [-0.25, -0.2) is 13.9 Å². The van der Waals surface area contributed by atoms with Crippen molar-refractivity contribution in [2.75, 3.05) is 13.0 Å². The Hall–Kier alpha value is -2.81. The third kappa shape index (κ3) is 3.25. The normalized spacial score (nSPS) is 10.8. The smallest absolute Gasteiger partial charge is 0.373 e. The second kappa shape index (κ2) is 6.75. The number of methoxy groups -OCH3 is 1. The lowest BCUT2D eigenvalue weighted by Crippen LogP contribution is -2.11. The number of aromatic nitrogens is 3. The Bertz CT molecular complexity index is 877. The van der Waals surface area contributed by atoms with Crippen molar-refractivity contribution in [2.24, 2.45) is 0 Å². The first-order chi connectivity index (χ1) is 11.6. The predicted molar refractivity (Wildman–Crippen MR) is 85.2 cm³/mol. The molecule has 0 atom stereocenters. The minimum atomic E-state index is -0.540. The van der Waals surface area contributed by atoms with Gasteiger partial charge in [-0.1, -0.05) is 23.9 Å². The summed E-state index contributed by atoms with van der Waals surface area (Å²) in [5.74, 6) is 6.49. The highest BCUT2D eigenvalue weighted by Gasteiger charge is 2.15. The first-order valence-electron chi connectivity index (χ1n) is 6.84. The molecule has 124 valence electrons. The van der Waals surface area contributed by atoms with E-state index in [1.54, 1.807) is 18.2 Å². The molecule has 0 bridgehead atoms. The molecule has 7 nitrogen and oxygen atoms in total. The van der Waals surface area contributed by atoms with Crippen LogP contribution in [0.15, 0.2) is 46.0 Å². The maximum absolute atomic E-state index is 13.3. The summed E-state index contributed by atoms with van der Waals surface area (Å²) >= 11 is 1.28. The fraction of sp³-hybridized carbons (Fsp3) is 0.133. The van der Waals surface area contributed by atoms with E-state index in [1.165, 1.54) is 41.7 Å². The number of nitrogen functional groups attached to an aromatic ring is 1. The van der Waals surface area contributed by atoms with Crippen LogP contribution in [0.5, 0.6) is 0 Å². The van der Waals surface area contributed by atoms with Gasteiger partial charge in [0.2, 0.25) is 10.9 Å². The van der Waals surface area contributed by atoms with E-state index in [1.807, 2.05) is 0 Å². The number of hydrogen-bond donors (Lipinski definition) is 1. The summed E-state index contributed by atoms with van der Waals surface area (Å²) < 4.78 is 24.5. The van der Waals surface area contributed by atoms with Gasteiger partial charge >= 0.3 is 5.97 Å². The van der Waals surface area contributed by atoms with Crippen molar-refractivity contribution in [1.82, 2.24) is 14.9 Å². The molecule has 0 aliphatic carbocycles. The van der Waals surface area contributed by atoms with Gasteiger partial charge in [0.15, 0.2) is 5.82 Å². The minimum Gasteiger partial charge on any atom is -0.463 e. The van der Waals surface area contributed by atoms with E-state index in [2.05, 4.69) is 14.9 Å². The molecular weight excluding hydrogens is 335 g/mol. The molecule has 3 rings (SSSR count). The number of esters is 1. The maximum Gasteiger partial charge on any atom is 0.373 e. The second-order valence-electron chi connectivity index (χ2n) is 4.73. The zero-order valence-corrected chi connectivity index (χ0v) is 13.4. The molecule has 0 saturated heterocycles. The highest BCUT2D eigenvalue weighted by Crippen LogP contribution is 2.25. The molecule has 0 saturated carbocycles. The Morgan fingerprint density at radius 2 is 2.21 bits per heavy atom. The summed E-state index contributed by atoms with van der Waals surface area (Å²) in [6.45, 7) is 0. The first-order valence-corrected chi connectivity index (χ1v) is 7.83. The lowest BCUT2D eigenvalue weighted by atomic mass is 10.2. The number of rotatable bonds is 5. The zero-order chi connectivity index (χ0) is 17.1. The predicted octanol–water partition coefficient (Wildman–Crippen LogP) is 2.47. The Morgan fingerprint density at radius 1 is 1.38 bits per heavy atom. The summed E-state index contributed by atoms with van der Waals surface area (Å²) in [5, 5.41) is 8.41. The average molecular weight is 348 g/mol. The molecule has 2 aromatic heterocycles. The van der Waals surface area contributed by atoms with Crippen LogP contribution >= 0.6 is 11.8 Å². The van der Waals surface area contributed by atoms with Crippen molar-refractivity contribution in [2.45, 2.75) is 10.9 Å². The van der Waals surface area contributed by atoms with Crippen LogP contribution in [0.25, 0.3) is 11.4 Å². The summed E-state index contributed by atoms with van der Waals surface area (Å²) in [7, 11) is 1.28. The highest BCUT2D eigenvalue weighted by molar-refractivity contribution is 7.98. The molecule has 0 unspecified atom stereocenters. The van der Waals surface area contributed by atoms with Gasteiger partial charge in [0, 0.05) is 5.56 Å². The van der Waals surface area contributed by atoms with Crippen molar-refractivity contribution in [3.05, 3.63) is 53.7 Å². The van der Waals surface area contributed by atoms with Gasteiger partial charge in [0.05, 0.1) is 12.9 Å². The van der Waals surface area contributed by atoms with Crippen LogP contribution in [0.2, 0.25) is 0 Å². The van der Waals surface area contributed by atoms with Gasteiger partial charge in [0.1, 0.15) is 11.6 Å². The summed E-state index contributed by atoms with van der Waals surface area (Å²) in [6.07, 6.45) is 0. The SMILES string of the molecule is COC(=O)c1ccc(CSc2nnc(-c3cccc(F)c3)n2N)o1. The van der Waals surface area contributed by atoms with Gasteiger partial charge in [-0.2, -0.15) is 0 Å². The van der Waals surface area contributed by atoms with Gasteiger partial charge < -0.3 is 15.0 Å². The molecule has 0 spiro atoms. The molecule has 24 heavy (non-hydrogen) atoms. The third-order valence-corrected chi connectivity index (χ3v) is 4.10. The Balaban J connectivity index is 1.73. The number of hydrogen-bond acceptors (Lipinski definition) is 7. The topological polar surface area (TPSA) is 96.2 Å². The quantitative estimate of drug-likeness (QED) is 0.430. The van der Waals surface area contributed by atoms with E-state index in [0.29, 0.717) is 28.1 Å². The molecule has 0 aliphatic heterocycles. The molecule has 1 aromatic carbocycles. The van der Waals surface area contributed by atoms with Gasteiger partial charge in [-0.3, -0.25) is 0 Å². The van der Waals surface area contributed by atoms with Crippen LogP contribution in [0, 0.1) is 5.82 Å². The Labute approximate surface area is 140 Å². The van der Waals surface area contributed by atoms with Crippen LogP contribution in [0.3, 0.4) is 0 Å². The van der Waals surface area contributed by atoms with E-state index < -0.39 is 5.97 Å². The number of benzene rings is 1. The number of furan rings is 1. The lowest BCUT2D eigenvalue weighted by Gasteiger charge is -2.03. The van der Waals surface area contributed by atoms with Crippen molar-refractivity contribution in [3.8, 4) is 11.4 Å². The monoisotopic (exact) mass is 348 g/mol. The fourth-order valence-corrected chi connectivity index (χ4v) is 2.75. The van der Waals surface area contributed by atoms with Crippen LogP contribution in [0.1, 0.15) is 16.3 Å². The number of nitrogens with two attached hydrogens (primary N) is 1. The molecule has 3 aromatic rings. The standard InChI is InChI=1S/C15H13FN4O3S/c1-22-14(21)12-6-5-11(23-12)8-24-15-19-18-13(20(15)17)9-3-2-4-10(16)7-9/h2-7H,8,17H2,1H3. The Morgan fingerprint density at radius 3 is 2.96 bits per heavy atom. The number of ether oxygens (including phenoxy) is 1. The summed E-state index contributed by atoms with van der Waals surface area (Å²) in [5.41, 5.74) is 0.530. The second-order valence-corrected chi connectivity index (χ2v) is 5.68. The maximum atomic E-state index is 13.3. The summed E-state index contributed by atoms with van der Waals surface area (Å²) in [4.78, 5) is 11.3. The summed E-state index contributed by atoms with van der Waals surface area (Å²) in [6, 6.07) is 9.14. The zero-order valence-electron chi connectivity index (χ0n) is 12.6. The van der Waals surface area contributed by atoms with Crippen molar-refractivity contribution in [3.63, 3.8) is 0 Å². The number of carbonyl (C=O) groups is 1.